The summed E-state index contributed by atoms with van der Waals surface area (Å²) in [5, 5.41) is 2.87. The van der Waals surface area contributed by atoms with E-state index >= 15 is 0 Å². The number of rotatable bonds is 10. The van der Waals surface area contributed by atoms with E-state index in [4.69, 9.17) is 14.8 Å². The fourth-order valence-electron chi connectivity index (χ4n) is 1.96. The van der Waals surface area contributed by atoms with E-state index in [-0.39, 0.29) is 31.2 Å². The van der Waals surface area contributed by atoms with Crippen molar-refractivity contribution in [3.63, 3.8) is 0 Å². The summed E-state index contributed by atoms with van der Waals surface area (Å²) in [7, 11) is -3.62. The molecular formula is C14H22N3O5P. The van der Waals surface area contributed by atoms with E-state index in [9.17, 15) is 14.2 Å². The van der Waals surface area contributed by atoms with E-state index in [1.165, 1.54) is 19.2 Å². The zero-order chi connectivity index (χ0) is 17.5. The summed E-state index contributed by atoms with van der Waals surface area (Å²) in [5.74, 6) is -2.10. The standard InChI is InChI=1S/C14H22N3O5P/c1-4-21-23(20,22-5-2)14(10(3)18)17-9-11-6-7-16-12(8-11)13(15)19/h6-8,14,17H,4-5,9H2,1-3H3,(H2,15,19). The lowest BCUT2D eigenvalue weighted by Crippen LogP contribution is -2.36. The predicted molar refractivity (Wildman–Crippen MR) is 84.9 cm³/mol. The number of aromatic nitrogens is 1. The highest BCUT2D eigenvalue weighted by atomic mass is 31.2. The summed E-state index contributed by atoms with van der Waals surface area (Å²) in [5.41, 5.74) is 5.95. The van der Waals surface area contributed by atoms with Crippen LogP contribution < -0.4 is 11.1 Å². The number of hydrogen-bond acceptors (Lipinski definition) is 7. The van der Waals surface area contributed by atoms with E-state index in [2.05, 4.69) is 10.3 Å². The SMILES string of the molecule is CCOP(=O)(OCC)C(NCc1ccnc(C(N)=O)c1)C(C)=O. The van der Waals surface area contributed by atoms with Crippen molar-refractivity contribution in [3.8, 4) is 0 Å². The molecule has 0 saturated carbocycles. The van der Waals surface area contributed by atoms with Gasteiger partial charge in [-0.25, -0.2) is 0 Å². The van der Waals surface area contributed by atoms with Gasteiger partial charge in [0.1, 0.15) is 5.69 Å². The van der Waals surface area contributed by atoms with Crippen LogP contribution in [-0.2, 0) is 25.0 Å². The molecule has 128 valence electrons. The van der Waals surface area contributed by atoms with Gasteiger partial charge in [-0.2, -0.15) is 0 Å². The molecular weight excluding hydrogens is 321 g/mol. The molecule has 0 saturated heterocycles. The normalized spacial score (nSPS) is 12.8. The molecule has 0 spiro atoms. The Hall–Kier alpha value is -1.60. The fraction of sp³-hybridized carbons (Fsp3) is 0.500. The second-order valence-electron chi connectivity index (χ2n) is 4.68. The molecule has 0 aliphatic carbocycles. The summed E-state index contributed by atoms with van der Waals surface area (Å²) < 4.78 is 23.2. The lowest BCUT2D eigenvalue weighted by Gasteiger charge is -2.25. The first-order valence-electron chi connectivity index (χ1n) is 7.21. The van der Waals surface area contributed by atoms with Gasteiger partial charge in [-0.1, -0.05) is 0 Å². The molecule has 1 aromatic rings. The van der Waals surface area contributed by atoms with Crippen LogP contribution >= 0.6 is 7.60 Å². The molecule has 1 unspecified atom stereocenters. The molecule has 23 heavy (non-hydrogen) atoms. The van der Waals surface area contributed by atoms with Crippen molar-refractivity contribution in [3.05, 3.63) is 29.6 Å². The second kappa shape index (κ2) is 8.88. The fourth-order valence-corrected chi connectivity index (χ4v) is 3.81. The van der Waals surface area contributed by atoms with Gasteiger partial charge < -0.3 is 14.8 Å². The lowest BCUT2D eigenvalue weighted by atomic mass is 10.2. The van der Waals surface area contributed by atoms with Crippen LogP contribution in [0.25, 0.3) is 0 Å². The Bertz CT molecular complexity index is 598. The van der Waals surface area contributed by atoms with Crippen LogP contribution in [0.15, 0.2) is 18.3 Å². The summed E-state index contributed by atoms with van der Waals surface area (Å²) in [4.78, 5) is 26.8. The number of hydrogen-bond donors (Lipinski definition) is 2. The van der Waals surface area contributed by atoms with Gasteiger partial charge in [0.15, 0.2) is 11.6 Å². The van der Waals surface area contributed by atoms with Crippen molar-refractivity contribution in [2.24, 2.45) is 5.73 Å². The Morgan fingerprint density at radius 1 is 1.35 bits per heavy atom. The number of Topliss-reactive ketones (excluding diaryl/α,β-unsaturated/α-hetero) is 1. The highest BCUT2D eigenvalue weighted by molar-refractivity contribution is 7.55. The van der Waals surface area contributed by atoms with Crippen molar-refractivity contribution in [2.45, 2.75) is 33.1 Å². The Balaban J connectivity index is 2.92. The molecule has 0 aliphatic rings. The Morgan fingerprint density at radius 2 is 1.96 bits per heavy atom. The number of nitrogens with one attached hydrogen (secondary N) is 1. The van der Waals surface area contributed by atoms with Crippen LogP contribution in [0, 0.1) is 0 Å². The van der Waals surface area contributed by atoms with Crippen LogP contribution in [-0.4, -0.2) is 35.7 Å². The first-order valence-corrected chi connectivity index (χ1v) is 8.82. The largest absolute Gasteiger partial charge is 0.364 e. The highest BCUT2D eigenvalue weighted by Gasteiger charge is 2.38. The molecule has 3 N–H and O–H groups in total. The maximum absolute atomic E-state index is 12.7. The lowest BCUT2D eigenvalue weighted by molar-refractivity contribution is -0.117. The zero-order valence-corrected chi connectivity index (χ0v) is 14.3. The number of carbonyl (C=O) groups excluding carboxylic acids is 2. The van der Waals surface area contributed by atoms with Crippen molar-refractivity contribution in [1.29, 1.82) is 0 Å². The van der Waals surface area contributed by atoms with Crippen molar-refractivity contribution in [2.75, 3.05) is 13.2 Å². The van der Waals surface area contributed by atoms with Crippen molar-refractivity contribution in [1.82, 2.24) is 10.3 Å². The van der Waals surface area contributed by atoms with E-state index in [0.717, 1.165) is 0 Å². The van der Waals surface area contributed by atoms with Crippen LogP contribution in [0.1, 0.15) is 36.8 Å². The van der Waals surface area contributed by atoms with Gasteiger partial charge in [-0.15, -0.1) is 0 Å². The van der Waals surface area contributed by atoms with Gasteiger partial charge in [0.2, 0.25) is 0 Å². The molecule has 0 fully saturated rings. The molecule has 9 heteroatoms. The predicted octanol–water partition coefficient (Wildman–Crippen LogP) is 1.45. The van der Waals surface area contributed by atoms with Crippen LogP contribution in [0.3, 0.4) is 0 Å². The number of pyridine rings is 1. The summed E-state index contributed by atoms with van der Waals surface area (Å²) in [6, 6.07) is 3.15. The molecule has 0 radical (unpaired) electrons. The van der Waals surface area contributed by atoms with Crippen molar-refractivity contribution >= 4 is 19.3 Å². The Kier molecular flexibility index (Phi) is 7.51. The molecule has 1 heterocycles. The Morgan fingerprint density at radius 3 is 2.43 bits per heavy atom. The first kappa shape index (κ1) is 19.4. The summed E-state index contributed by atoms with van der Waals surface area (Å²) in [6.07, 6.45) is 1.44. The average Bonchev–Trinajstić information content (AvgIpc) is 2.47. The zero-order valence-electron chi connectivity index (χ0n) is 13.4. The molecule has 1 rings (SSSR count). The minimum Gasteiger partial charge on any atom is -0.364 e. The van der Waals surface area contributed by atoms with Gasteiger partial charge in [-0.3, -0.25) is 24.5 Å². The van der Waals surface area contributed by atoms with E-state index in [1.807, 2.05) is 0 Å². The Labute approximate surface area is 135 Å². The van der Waals surface area contributed by atoms with Crippen LogP contribution in [0.2, 0.25) is 0 Å². The van der Waals surface area contributed by atoms with Gasteiger partial charge in [-0.05, 0) is 38.5 Å². The van der Waals surface area contributed by atoms with Gasteiger partial charge in [0.25, 0.3) is 5.91 Å². The number of amides is 1. The number of nitrogens with two attached hydrogens (primary N) is 1. The summed E-state index contributed by atoms with van der Waals surface area (Å²) >= 11 is 0. The molecule has 8 nitrogen and oxygen atoms in total. The first-order chi connectivity index (χ1) is 10.8. The number of nitrogens with zero attached hydrogens (tertiary/aromatic N) is 1. The third kappa shape index (κ3) is 5.51. The van der Waals surface area contributed by atoms with E-state index < -0.39 is 19.3 Å². The topological polar surface area (TPSA) is 121 Å². The minimum absolute atomic E-state index is 0.112. The third-order valence-corrected chi connectivity index (χ3v) is 5.31. The van der Waals surface area contributed by atoms with Crippen LogP contribution in [0.5, 0.6) is 0 Å². The third-order valence-electron chi connectivity index (χ3n) is 2.90. The molecule has 0 aliphatic heterocycles. The maximum atomic E-state index is 12.7. The van der Waals surface area contributed by atoms with Gasteiger partial charge >= 0.3 is 7.60 Å². The highest BCUT2D eigenvalue weighted by Crippen LogP contribution is 2.52. The quantitative estimate of drug-likeness (QED) is 0.617. The molecule has 0 bridgehead atoms. The molecule has 1 atom stereocenters. The minimum atomic E-state index is -3.62. The molecule has 1 aromatic heterocycles. The second-order valence-corrected chi connectivity index (χ2v) is 6.80. The van der Waals surface area contributed by atoms with E-state index in [1.54, 1.807) is 19.9 Å². The number of ketones is 1. The molecule has 1 amide bonds. The van der Waals surface area contributed by atoms with Gasteiger partial charge in [0, 0.05) is 12.7 Å². The van der Waals surface area contributed by atoms with Crippen LogP contribution in [0.4, 0.5) is 0 Å². The molecule has 0 aromatic carbocycles. The smallest absolute Gasteiger partial charge is 0.355 e. The monoisotopic (exact) mass is 343 g/mol. The maximum Gasteiger partial charge on any atom is 0.355 e. The number of primary amides is 1. The van der Waals surface area contributed by atoms with E-state index in [0.29, 0.717) is 5.56 Å². The average molecular weight is 343 g/mol. The number of carbonyl (C=O) groups is 2. The van der Waals surface area contributed by atoms with Gasteiger partial charge in [0.05, 0.1) is 13.2 Å². The van der Waals surface area contributed by atoms with Crippen molar-refractivity contribution < 1.29 is 23.2 Å². The summed E-state index contributed by atoms with van der Waals surface area (Å²) in [6.45, 7) is 5.14.